The van der Waals surface area contributed by atoms with Gasteiger partial charge in [-0.2, -0.15) is 0 Å². The summed E-state index contributed by atoms with van der Waals surface area (Å²) in [5.74, 6) is 0.920. The first-order valence-electron chi connectivity index (χ1n) is 7.28. The second-order valence-electron chi connectivity index (χ2n) is 5.71. The molecule has 0 amide bonds. The molecular formula is C14H28N2. The molecule has 0 bridgehead atoms. The molecule has 2 aliphatic rings. The van der Waals surface area contributed by atoms with Crippen LogP contribution in [0.25, 0.3) is 0 Å². The molecule has 2 fully saturated rings. The van der Waals surface area contributed by atoms with E-state index in [2.05, 4.69) is 24.1 Å². The van der Waals surface area contributed by atoms with Crippen LogP contribution >= 0.6 is 0 Å². The smallest absolute Gasteiger partial charge is 0.00705 e. The van der Waals surface area contributed by atoms with Crippen LogP contribution in [-0.2, 0) is 0 Å². The van der Waals surface area contributed by atoms with Gasteiger partial charge in [0.05, 0.1) is 0 Å². The zero-order valence-corrected chi connectivity index (χ0v) is 11.0. The minimum Gasteiger partial charge on any atom is -0.311 e. The van der Waals surface area contributed by atoms with E-state index in [-0.39, 0.29) is 0 Å². The third-order valence-electron chi connectivity index (χ3n) is 4.64. The average Bonchev–Trinajstić information content (AvgIpc) is 2.82. The third kappa shape index (κ3) is 3.21. The molecule has 1 aliphatic carbocycles. The van der Waals surface area contributed by atoms with Gasteiger partial charge in [0.15, 0.2) is 0 Å². The molecule has 94 valence electrons. The number of nitrogens with one attached hydrogen (secondary N) is 1. The van der Waals surface area contributed by atoms with Crippen LogP contribution in [0.5, 0.6) is 0 Å². The standard InChI is InChI=1S/C14H28N2/c1-3-16-10-8-13(9-11-16)12(2)15-14-6-4-5-7-14/h12-15H,3-11H2,1-2H3. The Balaban J connectivity index is 1.70. The van der Waals surface area contributed by atoms with E-state index in [0.29, 0.717) is 0 Å². The number of likely N-dealkylation sites (tertiary alicyclic amines) is 1. The fourth-order valence-electron chi connectivity index (χ4n) is 3.37. The maximum atomic E-state index is 3.86. The zero-order chi connectivity index (χ0) is 11.4. The Morgan fingerprint density at radius 3 is 2.31 bits per heavy atom. The van der Waals surface area contributed by atoms with Crippen LogP contribution in [0.3, 0.4) is 0 Å². The summed E-state index contributed by atoms with van der Waals surface area (Å²) in [7, 11) is 0. The SMILES string of the molecule is CCN1CCC(C(C)NC2CCCC2)CC1. The van der Waals surface area contributed by atoms with Crippen LogP contribution < -0.4 is 5.32 Å². The van der Waals surface area contributed by atoms with Crippen LogP contribution in [0.4, 0.5) is 0 Å². The number of piperidine rings is 1. The van der Waals surface area contributed by atoms with Gasteiger partial charge < -0.3 is 10.2 Å². The van der Waals surface area contributed by atoms with Crippen molar-refractivity contribution in [1.82, 2.24) is 10.2 Å². The lowest BCUT2D eigenvalue weighted by Gasteiger charge is -2.35. The summed E-state index contributed by atoms with van der Waals surface area (Å²) in [5.41, 5.74) is 0. The Kier molecular flexibility index (Phi) is 4.66. The summed E-state index contributed by atoms with van der Waals surface area (Å²) in [6.45, 7) is 8.55. The van der Waals surface area contributed by atoms with Gasteiger partial charge in [0.2, 0.25) is 0 Å². The molecule has 16 heavy (non-hydrogen) atoms. The average molecular weight is 224 g/mol. The van der Waals surface area contributed by atoms with E-state index in [1.165, 1.54) is 58.2 Å². The van der Waals surface area contributed by atoms with Gasteiger partial charge in [-0.25, -0.2) is 0 Å². The van der Waals surface area contributed by atoms with E-state index >= 15 is 0 Å². The molecule has 0 aromatic heterocycles. The third-order valence-corrected chi connectivity index (χ3v) is 4.64. The van der Waals surface area contributed by atoms with Crippen LogP contribution in [0.2, 0.25) is 0 Å². The highest BCUT2D eigenvalue weighted by molar-refractivity contribution is 4.83. The molecule has 2 rings (SSSR count). The monoisotopic (exact) mass is 224 g/mol. The van der Waals surface area contributed by atoms with Crippen molar-refractivity contribution in [3.63, 3.8) is 0 Å². The van der Waals surface area contributed by atoms with Crippen LogP contribution in [0, 0.1) is 5.92 Å². The van der Waals surface area contributed by atoms with Crippen molar-refractivity contribution >= 4 is 0 Å². The zero-order valence-electron chi connectivity index (χ0n) is 11.0. The van der Waals surface area contributed by atoms with Gasteiger partial charge >= 0.3 is 0 Å². The Hall–Kier alpha value is -0.0800. The Labute approximate surface area is 101 Å². The van der Waals surface area contributed by atoms with Gasteiger partial charge in [-0.3, -0.25) is 0 Å². The molecule has 1 saturated carbocycles. The predicted molar refractivity (Wildman–Crippen MR) is 69.7 cm³/mol. The van der Waals surface area contributed by atoms with E-state index in [0.717, 1.165) is 18.0 Å². The van der Waals surface area contributed by atoms with Crippen molar-refractivity contribution in [1.29, 1.82) is 0 Å². The second-order valence-corrected chi connectivity index (χ2v) is 5.71. The van der Waals surface area contributed by atoms with Gasteiger partial charge in [0.25, 0.3) is 0 Å². The van der Waals surface area contributed by atoms with Gasteiger partial charge in [-0.1, -0.05) is 19.8 Å². The second kappa shape index (κ2) is 6.02. The minimum atomic E-state index is 0.738. The lowest BCUT2D eigenvalue weighted by Crippen LogP contribution is -2.44. The van der Waals surface area contributed by atoms with Gasteiger partial charge in [0.1, 0.15) is 0 Å². The van der Waals surface area contributed by atoms with E-state index < -0.39 is 0 Å². The molecule has 1 saturated heterocycles. The maximum Gasteiger partial charge on any atom is 0.00705 e. The largest absolute Gasteiger partial charge is 0.311 e. The van der Waals surface area contributed by atoms with Crippen molar-refractivity contribution in [3.8, 4) is 0 Å². The topological polar surface area (TPSA) is 15.3 Å². The van der Waals surface area contributed by atoms with E-state index in [1.54, 1.807) is 0 Å². The molecule has 1 N–H and O–H groups in total. The summed E-state index contributed by atoms with van der Waals surface area (Å²) in [5, 5.41) is 3.86. The number of nitrogens with zero attached hydrogens (tertiary/aromatic N) is 1. The highest BCUT2D eigenvalue weighted by atomic mass is 15.1. The molecule has 0 aromatic carbocycles. The Morgan fingerprint density at radius 2 is 1.75 bits per heavy atom. The first-order chi connectivity index (χ1) is 7.79. The Bertz CT molecular complexity index is 191. The van der Waals surface area contributed by atoms with E-state index in [4.69, 9.17) is 0 Å². The quantitative estimate of drug-likeness (QED) is 0.790. The fourth-order valence-corrected chi connectivity index (χ4v) is 3.37. The molecule has 1 heterocycles. The molecule has 0 spiro atoms. The number of hydrogen-bond acceptors (Lipinski definition) is 2. The summed E-state index contributed by atoms with van der Waals surface area (Å²) < 4.78 is 0. The number of rotatable bonds is 4. The Morgan fingerprint density at radius 1 is 1.12 bits per heavy atom. The summed E-state index contributed by atoms with van der Waals surface area (Å²) in [6, 6.07) is 1.57. The maximum absolute atomic E-state index is 3.86. The number of hydrogen-bond donors (Lipinski definition) is 1. The van der Waals surface area contributed by atoms with Gasteiger partial charge in [-0.15, -0.1) is 0 Å². The fraction of sp³-hybridized carbons (Fsp3) is 1.00. The highest BCUT2D eigenvalue weighted by Gasteiger charge is 2.25. The first kappa shape index (κ1) is 12.4. The molecule has 2 nitrogen and oxygen atoms in total. The van der Waals surface area contributed by atoms with Crippen LogP contribution in [0.1, 0.15) is 52.4 Å². The van der Waals surface area contributed by atoms with E-state index in [1.807, 2.05) is 0 Å². The molecule has 2 heteroatoms. The highest BCUT2D eigenvalue weighted by Crippen LogP contribution is 2.23. The summed E-state index contributed by atoms with van der Waals surface area (Å²) in [6.07, 6.45) is 8.51. The van der Waals surface area contributed by atoms with Crippen molar-refractivity contribution in [3.05, 3.63) is 0 Å². The van der Waals surface area contributed by atoms with E-state index in [9.17, 15) is 0 Å². The molecule has 1 aliphatic heterocycles. The van der Waals surface area contributed by atoms with Crippen molar-refractivity contribution in [2.45, 2.75) is 64.5 Å². The molecule has 1 unspecified atom stereocenters. The molecular weight excluding hydrogens is 196 g/mol. The van der Waals surface area contributed by atoms with Crippen LogP contribution in [0.15, 0.2) is 0 Å². The summed E-state index contributed by atoms with van der Waals surface area (Å²) >= 11 is 0. The molecule has 1 atom stereocenters. The lowest BCUT2D eigenvalue weighted by atomic mass is 9.90. The van der Waals surface area contributed by atoms with Crippen molar-refractivity contribution in [2.75, 3.05) is 19.6 Å². The lowest BCUT2D eigenvalue weighted by molar-refractivity contribution is 0.164. The van der Waals surface area contributed by atoms with Gasteiger partial charge in [0, 0.05) is 12.1 Å². The minimum absolute atomic E-state index is 0.738. The normalized spacial score (nSPS) is 27.4. The predicted octanol–water partition coefficient (Wildman–Crippen LogP) is 2.64. The molecule has 0 aromatic rings. The van der Waals surface area contributed by atoms with Crippen LogP contribution in [-0.4, -0.2) is 36.6 Å². The molecule has 0 radical (unpaired) electrons. The van der Waals surface area contributed by atoms with Gasteiger partial charge in [-0.05, 0) is 58.2 Å². The van der Waals surface area contributed by atoms with Crippen molar-refractivity contribution in [2.24, 2.45) is 5.92 Å². The first-order valence-corrected chi connectivity index (χ1v) is 7.28. The summed E-state index contributed by atoms with van der Waals surface area (Å²) in [4.78, 5) is 2.58. The van der Waals surface area contributed by atoms with Crippen molar-refractivity contribution < 1.29 is 0 Å².